The van der Waals surface area contributed by atoms with E-state index < -0.39 is 18.0 Å². The summed E-state index contributed by atoms with van der Waals surface area (Å²) in [4.78, 5) is 14.1. The van der Waals surface area contributed by atoms with Crippen molar-refractivity contribution in [2.75, 3.05) is 19.1 Å². The highest BCUT2D eigenvalue weighted by Gasteiger charge is 2.34. The van der Waals surface area contributed by atoms with Gasteiger partial charge in [0.25, 0.3) is 5.91 Å². The van der Waals surface area contributed by atoms with Crippen LogP contribution in [-0.2, 0) is 4.79 Å². The van der Waals surface area contributed by atoms with Crippen molar-refractivity contribution >= 4 is 46.2 Å². The van der Waals surface area contributed by atoms with Crippen molar-refractivity contribution in [1.29, 1.82) is 5.41 Å². The van der Waals surface area contributed by atoms with E-state index in [1.807, 2.05) is 0 Å². The van der Waals surface area contributed by atoms with Crippen molar-refractivity contribution in [2.24, 2.45) is 0 Å². The minimum Gasteiger partial charge on any atom is -0.493 e. The Morgan fingerprint density at radius 3 is 2.37 bits per heavy atom. The van der Waals surface area contributed by atoms with Crippen LogP contribution in [0.4, 0.5) is 18.9 Å². The van der Waals surface area contributed by atoms with Crippen LogP contribution in [0.3, 0.4) is 0 Å². The lowest BCUT2D eigenvalue weighted by molar-refractivity contribution is -0.274. The van der Waals surface area contributed by atoms with Crippen molar-refractivity contribution in [1.82, 2.24) is 0 Å². The molecule has 0 atom stereocenters. The maximum absolute atomic E-state index is 12.8. The van der Waals surface area contributed by atoms with E-state index in [0.29, 0.717) is 17.1 Å². The number of rotatable bonds is 5. The third-order valence-electron chi connectivity index (χ3n) is 3.91. The van der Waals surface area contributed by atoms with Gasteiger partial charge in [-0.05, 0) is 59.8 Å². The van der Waals surface area contributed by atoms with Crippen LogP contribution in [0.25, 0.3) is 6.08 Å². The van der Waals surface area contributed by atoms with Crippen LogP contribution in [0.5, 0.6) is 17.2 Å². The maximum atomic E-state index is 12.8. The number of ether oxygens (including phenoxy) is 3. The summed E-state index contributed by atoms with van der Waals surface area (Å²) >= 11 is 7.09. The molecule has 0 radical (unpaired) electrons. The summed E-state index contributed by atoms with van der Waals surface area (Å²) in [7, 11) is 2.90. The van der Waals surface area contributed by atoms with Gasteiger partial charge in [-0.1, -0.05) is 11.6 Å². The largest absolute Gasteiger partial charge is 0.573 e. The molecule has 1 aliphatic rings. The molecule has 1 saturated heterocycles. The molecular weight excluding hydrogens is 445 g/mol. The third kappa shape index (κ3) is 4.65. The van der Waals surface area contributed by atoms with Gasteiger partial charge in [0, 0.05) is 0 Å². The van der Waals surface area contributed by atoms with Crippen molar-refractivity contribution in [3.8, 4) is 17.2 Å². The van der Waals surface area contributed by atoms with E-state index in [9.17, 15) is 18.0 Å². The van der Waals surface area contributed by atoms with Gasteiger partial charge in [-0.3, -0.25) is 15.1 Å². The van der Waals surface area contributed by atoms with Crippen molar-refractivity contribution in [2.45, 2.75) is 6.36 Å². The second-order valence-electron chi connectivity index (χ2n) is 5.84. The number of nitrogens with one attached hydrogen (secondary N) is 1. The Hall–Kier alpha value is -2.85. The topological polar surface area (TPSA) is 71.8 Å². The number of thioether (sulfide) groups is 1. The van der Waals surface area contributed by atoms with E-state index in [1.165, 1.54) is 32.4 Å². The van der Waals surface area contributed by atoms with Gasteiger partial charge in [0.05, 0.1) is 29.8 Å². The summed E-state index contributed by atoms with van der Waals surface area (Å²) in [5.41, 5.74) is 0.790. The zero-order chi connectivity index (χ0) is 22.1. The molecule has 158 valence electrons. The Morgan fingerprint density at radius 1 is 1.13 bits per heavy atom. The second kappa shape index (κ2) is 8.49. The lowest BCUT2D eigenvalue weighted by atomic mass is 10.1. The minimum atomic E-state index is -4.82. The number of amidine groups is 1. The molecule has 2 aromatic carbocycles. The Morgan fingerprint density at radius 2 is 1.80 bits per heavy atom. The summed E-state index contributed by atoms with van der Waals surface area (Å²) in [5, 5.41) is 8.29. The van der Waals surface area contributed by atoms with Crippen molar-refractivity contribution in [3.63, 3.8) is 0 Å². The maximum Gasteiger partial charge on any atom is 0.573 e. The van der Waals surface area contributed by atoms with Crippen molar-refractivity contribution < 1.29 is 32.2 Å². The Bertz CT molecular complexity index is 1030. The zero-order valence-electron chi connectivity index (χ0n) is 15.5. The smallest absolute Gasteiger partial charge is 0.493 e. The first-order valence-electron chi connectivity index (χ1n) is 8.23. The number of carbonyl (C=O) groups excluding carboxylic acids is 1. The van der Waals surface area contributed by atoms with E-state index in [0.717, 1.165) is 28.8 Å². The fourth-order valence-electron chi connectivity index (χ4n) is 2.69. The molecule has 0 unspecified atom stereocenters. The highest BCUT2D eigenvalue weighted by Crippen LogP contribution is 2.39. The number of benzene rings is 2. The number of alkyl halides is 3. The Balaban J connectivity index is 1.87. The van der Waals surface area contributed by atoms with Crippen LogP contribution in [0.1, 0.15) is 5.56 Å². The number of anilines is 1. The molecule has 11 heteroatoms. The molecule has 0 saturated carbocycles. The van der Waals surface area contributed by atoms with Gasteiger partial charge in [0.2, 0.25) is 0 Å². The molecule has 1 heterocycles. The van der Waals surface area contributed by atoms with Crippen LogP contribution in [-0.4, -0.2) is 31.7 Å². The fourth-order valence-corrected chi connectivity index (χ4v) is 3.85. The molecule has 1 fully saturated rings. The van der Waals surface area contributed by atoms with Gasteiger partial charge in [0.15, 0.2) is 16.7 Å². The molecule has 2 aromatic rings. The highest BCUT2D eigenvalue weighted by atomic mass is 35.5. The first kappa shape index (κ1) is 21.8. The molecular formula is C19H14ClF3N2O4S. The third-order valence-corrected chi connectivity index (χ3v) is 5.07. The lowest BCUT2D eigenvalue weighted by Gasteiger charge is -2.15. The number of methoxy groups -OCH3 is 2. The van der Waals surface area contributed by atoms with Crippen LogP contribution in [0.2, 0.25) is 5.02 Å². The van der Waals surface area contributed by atoms with E-state index in [-0.39, 0.29) is 20.8 Å². The molecule has 1 N–H and O–H groups in total. The fraction of sp³-hybridized carbons (Fsp3) is 0.158. The molecule has 1 amide bonds. The van der Waals surface area contributed by atoms with E-state index in [1.54, 1.807) is 12.1 Å². The minimum absolute atomic E-state index is 0.0951. The number of nitrogens with zero attached hydrogens (tertiary/aromatic N) is 1. The Labute approximate surface area is 178 Å². The average Bonchev–Trinajstić information content (AvgIpc) is 2.94. The van der Waals surface area contributed by atoms with Crippen LogP contribution < -0.4 is 19.1 Å². The predicted octanol–water partition coefficient (Wildman–Crippen LogP) is 5.31. The Kier molecular flexibility index (Phi) is 6.18. The SMILES string of the molecule is COc1cc(C=C2SC(=N)N(c3ccc(OC(F)(F)F)cc3)C2=O)cc(Cl)c1OC. The summed E-state index contributed by atoms with van der Waals surface area (Å²) in [6.07, 6.45) is -3.28. The van der Waals surface area contributed by atoms with Gasteiger partial charge >= 0.3 is 6.36 Å². The van der Waals surface area contributed by atoms with Crippen LogP contribution in [0.15, 0.2) is 41.3 Å². The van der Waals surface area contributed by atoms with Gasteiger partial charge in [-0.2, -0.15) is 0 Å². The molecule has 6 nitrogen and oxygen atoms in total. The monoisotopic (exact) mass is 458 g/mol. The molecule has 3 rings (SSSR count). The van der Waals surface area contributed by atoms with E-state index in [4.69, 9.17) is 26.5 Å². The summed E-state index contributed by atoms with van der Waals surface area (Å²) in [5.74, 6) is -0.199. The first-order chi connectivity index (χ1) is 14.1. The molecule has 0 aromatic heterocycles. The van der Waals surface area contributed by atoms with Gasteiger partial charge in [-0.15, -0.1) is 13.2 Å². The normalized spacial score (nSPS) is 15.7. The molecule has 0 spiro atoms. The standard InChI is InChI=1S/C19H14ClF3N2O4S/c1-27-14-8-10(7-13(20)16(14)28-2)9-15-17(26)25(18(24)30-15)11-3-5-12(6-4-11)29-19(21,22)23/h3-9,24H,1-2H3. The number of carbonyl (C=O) groups is 1. The quantitative estimate of drug-likeness (QED) is 0.615. The average molecular weight is 459 g/mol. The van der Waals surface area contributed by atoms with Crippen molar-refractivity contribution in [3.05, 3.63) is 51.9 Å². The van der Waals surface area contributed by atoms with Crippen LogP contribution in [0, 0.1) is 5.41 Å². The first-order valence-corrected chi connectivity index (χ1v) is 9.42. The number of hydrogen-bond acceptors (Lipinski definition) is 6. The van der Waals surface area contributed by atoms with Gasteiger partial charge < -0.3 is 14.2 Å². The highest BCUT2D eigenvalue weighted by molar-refractivity contribution is 8.19. The number of amides is 1. The molecule has 30 heavy (non-hydrogen) atoms. The summed E-state index contributed by atoms with van der Waals surface area (Å²) in [6.45, 7) is 0. The van der Waals surface area contributed by atoms with Gasteiger partial charge in [-0.25, -0.2) is 0 Å². The zero-order valence-corrected chi connectivity index (χ0v) is 17.1. The van der Waals surface area contributed by atoms with E-state index in [2.05, 4.69) is 4.74 Å². The second-order valence-corrected chi connectivity index (χ2v) is 7.27. The summed E-state index contributed by atoms with van der Waals surface area (Å²) < 4.78 is 51.1. The molecule has 0 bridgehead atoms. The molecule has 1 aliphatic heterocycles. The number of halogens is 4. The predicted molar refractivity (Wildman–Crippen MR) is 108 cm³/mol. The molecule has 0 aliphatic carbocycles. The lowest BCUT2D eigenvalue weighted by Crippen LogP contribution is -2.28. The summed E-state index contributed by atoms with van der Waals surface area (Å²) in [6, 6.07) is 7.89. The number of hydrogen-bond donors (Lipinski definition) is 1. The van der Waals surface area contributed by atoms with Crippen LogP contribution >= 0.6 is 23.4 Å². The van der Waals surface area contributed by atoms with Gasteiger partial charge in [0.1, 0.15) is 5.75 Å². The van der Waals surface area contributed by atoms with E-state index >= 15 is 0 Å².